The number of nitrogens with zero attached hydrogens (tertiary/aromatic N) is 1. The van der Waals surface area contributed by atoms with Crippen molar-refractivity contribution in [3.63, 3.8) is 0 Å². The van der Waals surface area contributed by atoms with Crippen LogP contribution < -0.4 is 10.9 Å². The molecule has 0 spiro atoms. The second kappa shape index (κ2) is 9.27. The standard InChI is InChI=1S/C29H21FN2O3/c30-22-15-13-20(14-16-22)21-8-6-7-19(17-21)18-31-28(34)26-24-11-4-5-12-25(24)32(29(35)27(26)33)23-9-2-1-3-10-23/h1-17,33H,18H2,(H,31,34). The van der Waals surface area contributed by atoms with E-state index >= 15 is 0 Å². The van der Waals surface area contributed by atoms with Crippen LogP contribution in [0.4, 0.5) is 4.39 Å². The predicted molar refractivity (Wildman–Crippen MR) is 134 cm³/mol. The van der Waals surface area contributed by atoms with Crippen molar-refractivity contribution in [1.29, 1.82) is 0 Å². The number of benzene rings is 4. The van der Waals surface area contributed by atoms with Crippen LogP contribution in [0.2, 0.25) is 0 Å². The lowest BCUT2D eigenvalue weighted by atomic mass is 10.0. The maximum absolute atomic E-state index is 13.3. The Labute approximate surface area is 200 Å². The van der Waals surface area contributed by atoms with E-state index in [1.54, 1.807) is 60.7 Å². The summed E-state index contributed by atoms with van der Waals surface area (Å²) in [5, 5.41) is 14.1. The van der Waals surface area contributed by atoms with Gasteiger partial charge in [0, 0.05) is 17.6 Å². The number of aromatic nitrogens is 1. The lowest BCUT2D eigenvalue weighted by Gasteiger charge is -2.15. The number of carbonyl (C=O) groups excluding carboxylic acids is 1. The van der Waals surface area contributed by atoms with Gasteiger partial charge in [0.2, 0.25) is 0 Å². The molecule has 0 aliphatic carbocycles. The Kier molecular flexibility index (Phi) is 5.85. The third kappa shape index (κ3) is 4.29. The molecule has 4 aromatic carbocycles. The van der Waals surface area contributed by atoms with E-state index in [-0.39, 0.29) is 17.9 Å². The fourth-order valence-electron chi connectivity index (χ4n) is 4.17. The van der Waals surface area contributed by atoms with Gasteiger partial charge in [-0.1, -0.05) is 66.7 Å². The van der Waals surface area contributed by atoms with Gasteiger partial charge in [0.1, 0.15) is 5.82 Å². The molecule has 0 aliphatic rings. The van der Waals surface area contributed by atoms with Gasteiger partial charge in [0.05, 0.1) is 11.1 Å². The first-order valence-corrected chi connectivity index (χ1v) is 11.1. The van der Waals surface area contributed by atoms with Crippen LogP contribution in [0.15, 0.2) is 108 Å². The Balaban J connectivity index is 1.48. The smallest absolute Gasteiger partial charge is 0.298 e. The highest BCUT2D eigenvalue weighted by Gasteiger charge is 2.22. The molecule has 0 fully saturated rings. The zero-order valence-electron chi connectivity index (χ0n) is 18.6. The number of rotatable bonds is 5. The van der Waals surface area contributed by atoms with E-state index in [0.717, 1.165) is 16.7 Å². The molecule has 5 rings (SSSR count). The highest BCUT2D eigenvalue weighted by Crippen LogP contribution is 2.26. The molecule has 1 amide bonds. The number of hydrogen-bond acceptors (Lipinski definition) is 3. The van der Waals surface area contributed by atoms with Crippen molar-refractivity contribution >= 4 is 16.8 Å². The first-order valence-electron chi connectivity index (χ1n) is 11.1. The van der Waals surface area contributed by atoms with E-state index in [2.05, 4.69) is 5.32 Å². The van der Waals surface area contributed by atoms with E-state index < -0.39 is 17.2 Å². The summed E-state index contributed by atoms with van der Waals surface area (Å²) in [4.78, 5) is 26.3. The number of hydrogen-bond donors (Lipinski definition) is 2. The van der Waals surface area contributed by atoms with E-state index in [1.807, 2.05) is 30.3 Å². The Bertz CT molecular complexity index is 1590. The van der Waals surface area contributed by atoms with Crippen molar-refractivity contribution in [2.24, 2.45) is 0 Å². The maximum Gasteiger partial charge on any atom is 0.298 e. The van der Waals surface area contributed by atoms with Gasteiger partial charge in [0.15, 0.2) is 5.75 Å². The predicted octanol–water partition coefficient (Wildman–Crippen LogP) is 5.43. The molecule has 2 N–H and O–H groups in total. The molecule has 172 valence electrons. The molecule has 1 heterocycles. The lowest BCUT2D eigenvalue weighted by molar-refractivity contribution is 0.0949. The van der Waals surface area contributed by atoms with Crippen LogP contribution in [0.25, 0.3) is 27.7 Å². The highest BCUT2D eigenvalue weighted by atomic mass is 19.1. The summed E-state index contributed by atoms with van der Waals surface area (Å²) in [5.41, 5.74) is 2.94. The van der Waals surface area contributed by atoms with Crippen LogP contribution in [-0.2, 0) is 6.54 Å². The van der Waals surface area contributed by atoms with E-state index in [9.17, 15) is 19.1 Å². The van der Waals surface area contributed by atoms with Crippen molar-refractivity contribution in [2.75, 3.05) is 0 Å². The molecule has 5 aromatic rings. The number of halogens is 1. The zero-order chi connectivity index (χ0) is 24.4. The number of para-hydroxylation sites is 2. The molecule has 5 nitrogen and oxygen atoms in total. The maximum atomic E-state index is 13.3. The van der Waals surface area contributed by atoms with Gasteiger partial charge in [-0.2, -0.15) is 0 Å². The monoisotopic (exact) mass is 464 g/mol. The van der Waals surface area contributed by atoms with Crippen LogP contribution in [0, 0.1) is 5.82 Å². The third-order valence-electron chi connectivity index (χ3n) is 5.86. The minimum Gasteiger partial charge on any atom is -0.502 e. The molecule has 0 saturated carbocycles. The molecule has 0 aliphatic heterocycles. The van der Waals surface area contributed by atoms with Crippen molar-refractivity contribution in [1.82, 2.24) is 9.88 Å². The van der Waals surface area contributed by atoms with Crippen LogP contribution in [0.1, 0.15) is 15.9 Å². The fourth-order valence-corrected chi connectivity index (χ4v) is 4.17. The lowest BCUT2D eigenvalue weighted by Crippen LogP contribution is -2.27. The molecule has 0 unspecified atom stereocenters. The minimum atomic E-state index is -0.668. The normalized spacial score (nSPS) is 10.9. The van der Waals surface area contributed by atoms with Crippen molar-refractivity contribution in [3.05, 3.63) is 130 Å². The van der Waals surface area contributed by atoms with Crippen molar-refractivity contribution in [3.8, 4) is 22.6 Å². The summed E-state index contributed by atoms with van der Waals surface area (Å²) >= 11 is 0. The number of nitrogens with one attached hydrogen (secondary N) is 1. The van der Waals surface area contributed by atoms with Gasteiger partial charge in [-0.05, 0) is 53.1 Å². The third-order valence-corrected chi connectivity index (χ3v) is 5.86. The number of aromatic hydroxyl groups is 1. The van der Waals surface area contributed by atoms with E-state index in [1.165, 1.54) is 16.7 Å². The summed E-state index contributed by atoms with van der Waals surface area (Å²) in [6, 6.07) is 29.7. The summed E-state index contributed by atoms with van der Waals surface area (Å²) in [5.74, 6) is -1.47. The molecule has 0 radical (unpaired) electrons. The molecular weight excluding hydrogens is 443 g/mol. The summed E-state index contributed by atoms with van der Waals surface area (Å²) in [7, 11) is 0. The van der Waals surface area contributed by atoms with Crippen molar-refractivity contribution < 1.29 is 14.3 Å². The Morgan fingerprint density at radius 3 is 2.31 bits per heavy atom. The summed E-state index contributed by atoms with van der Waals surface area (Å²) < 4.78 is 14.7. The average Bonchev–Trinajstić information content (AvgIpc) is 2.89. The van der Waals surface area contributed by atoms with Crippen molar-refractivity contribution in [2.45, 2.75) is 6.54 Å². The molecular formula is C29H21FN2O3. The number of fused-ring (bicyclic) bond motifs is 1. The largest absolute Gasteiger partial charge is 0.502 e. The van der Waals surface area contributed by atoms with Crippen LogP contribution in [0.5, 0.6) is 5.75 Å². The van der Waals surface area contributed by atoms with Crippen LogP contribution in [0.3, 0.4) is 0 Å². The zero-order valence-corrected chi connectivity index (χ0v) is 18.6. The van der Waals surface area contributed by atoms with Crippen LogP contribution in [-0.4, -0.2) is 15.6 Å². The van der Waals surface area contributed by atoms with Gasteiger partial charge in [-0.15, -0.1) is 0 Å². The molecule has 0 bridgehead atoms. The van der Waals surface area contributed by atoms with Gasteiger partial charge in [-0.3, -0.25) is 14.2 Å². The molecule has 35 heavy (non-hydrogen) atoms. The first kappa shape index (κ1) is 22.1. The second-order valence-electron chi connectivity index (χ2n) is 8.11. The summed E-state index contributed by atoms with van der Waals surface area (Å²) in [6.45, 7) is 0.184. The first-order chi connectivity index (χ1) is 17.0. The second-order valence-corrected chi connectivity index (χ2v) is 8.11. The van der Waals surface area contributed by atoms with E-state index in [0.29, 0.717) is 16.6 Å². The topological polar surface area (TPSA) is 71.3 Å². The molecule has 6 heteroatoms. The quantitative estimate of drug-likeness (QED) is 0.364. The molecule has 1 aromatic heterocycles. The summed E-state index contributed by atoms with van der Waals surface area (Å²) in [6.07, 6.45) is 0. The Hall–Kier alpha value is -4.71. The van der Waals surface area contributed by atoms with Gasteiger partial charge in [-0.25, -0.2) is 4.39 Å². The SMILES string of the molecule is O=C(NCc1cccc(-c2ccc(F)cc2)c1)c1c(O)c(=O)n(-c2ccccc2)c2ccccc12. The van der Waals surface area contributed by atoms with Gasteiger partial charge >= 0.3 is 0 Å². The minimum absolute atomic E-state index is 0.0625. The molecule has 0 atom stereocenters. The highest BCUT2D eigenvalue weighted by molar-refractivity contribution is 6.08. The molecule has 0 saturated heterocycles. The Morgan fingerprint density at radius 1 is 0.829 bits per heavy atom. The van der Waals surface area contributed by atoms with E-state index in [4.69, 9.17) is 0 Å². The van der Waals surface area contributed by atoms with Crippen LogP contribution >= 0.6 is 0 Å². The van der Waals surface area contributed by atoms with Gasteiger partial charge in [0.25, 0.3) is 11.5 Å². The van der Waals surface area contributed by atoms with Gasteiger partial charge < -0.3 is 10.4 Å². The number of carbonyl (C=O) groups is 1. The number of pyridine rings is 1. The average molecular weight is 464 g/mol. The fraction of sp³-hybridized carbons (Fsp3) is 0.0345. The number of amides is 1. The Morgan fingerprint density at radius 2 is 1.54 bits per heavy atom.